The van der Waals surface area contributed by atoms with E-state index in [-0.39, 0.29) is 17.1 Å². The zero-order valence-electron chi connectivity index (χ0n) is 12.1. The maximum Gasteiger partial charge on any atom is 0.170 e. The van der Waals surface area contributed by atoms with Crippen LogP contribution in [0, 0.1) is 11.6 Å². The summed E-state index contributed by atoms with van der Waals surface area (Å²) in [5, 5.41) is 11.3. The second kappa shape index (κ2) is 5.85. The van der Waals surface area contributed by atoms with Gasteiger partial charge in [-0.1, -0.05) is 5.16 Å². The molecule has 0 aromatic heterocycles. The molecule has 1 heterocycles. The van der Waals surface area contributed by atoms with Gasteiger partial charge in [0.25, 0.3) is 0 Å². The number of methoxy groups -OCH3 is 1. The number of hydrogen-bond donors (Lipinski definition) is 2. The van der Waals surface area contributed by atoms with Gasteiger partial charge in [-0.05, 0) is 31.9 Å². The molecule has 0 bridgehead atoms. The van der Waals surface area contributed by atoms with Crippen LogP contribution in [0.2, 0.25) is 0 Å². The van der Waals surface area contributed by atoms with Crippen LogP contribution >= 0.6 is 0 Å². The number of nitrogens with zero attached hydrogens (tertiary/aromatic N) is 2. The van der Waals surface area contributed by atoms with Crippen LogP contribution in [-0.4, -0.2) is 36.8 Å². The Morgan fingerprint density at radius 3 is 2.57 bits per heavy atom. The van der Waals surface area contributed by atoms with Gasteiger partial charge in [0, 0.05) is 25.8 Å². The number of halogens is 2. The molecule has 2 rings (SSSR count). The Kier molecular flexibility index (Phi) is 4.32. The van der Waals surface area contributed by atoms with Gasteiger partial charge in [0.15, 0.2) is 5.84 Å². The van der Waals surface area contributed by atoms with Crippen LogP contribution in [0.5, 0.6) is 0 Å². The Balaban J connectivity index is 2.36. The van der Waals surface area contributed by atoms with Gasteiger partial charge in [-0.15, -0.1) is 0 Å². The van der Waals surface area contributed by atoms with Crippen molar-refractivity contribution in [3.63, 3.8) is 0 Å². The molecule has 0 spiro atoms. The normalized spacial score (nSPS) is 23.4. The highest BCUT2D eigenvalue weighted by atomic mass is 19.1. The summed E-state index contributed by atoms with van der Waals surface area (Å²) in [7, 11) is 1.59. The standard InChI is InChI=1S/C14H19F2N3O2/c1-14(21-2)4-3-5-19(8-14)12-10(15)6-9(7-11(12)16)13(17)18-20/h6-7,20H,3-5,8H2,1-2H3,(H2,17,18). The third kappa shape index (κ3) is 3.07. The molecule has 1 aromatic carbocycles. The first-order valence-electron chi connectivity index (χ1n) is 6.67. The largest absolute Gasteiger partial charge is 0.409 e. The third-order valence-corrected chi connectivity index (χ3v) is 3.89. The zero-order valence-corrected chi connectivity index (χ0v) is 12.1. The minimum Gasteiger partial charge on any atom is -0.409 e. The van der Waals surface area contributed by atoms with Gasteiger partial charge in [-0.3, -0.25) is 0 Å². The van der Waals surface area contributed by atoms with E-state index >= 15 is 0 Å². The molecule has 0 radical (unpaired) electrons. The highest BCUT2D eigenvalue weighted by Crippen LogP contribution is 2.32. The number of oxime groups is 1. The van der Waals surface area contributed by atoms with Crippen molar-refractivity contribution >= 4 is 11.5 Å². The van der Waals surface area contributed by atoms with E-state index in [1.807, 2.05) is 6.92 Å². The maximum atomic E-state index is 14.2. The first-order chi connectivity index (χ1) is 9.90. The van der Waals surface area contributed by atoms with E-state index in [9.17, 15) is 8.78 Å². The molecular weight excluding hydrogens is 280 g/mol. The first kappa shape index (κ1) is 15.5. The van der Waals surface area contributed by atoms with Crippen LogP contribution in [0.1, 0.15) is 25.3 Å². The second-order valence-corrected chi connectivity index (χ2v) is 5.45. The van der Waals surface area contributed by atoms with Gasteiger partial charge >= 0.3 is 0 Å². The Bertz CT molecular complexity index is 542. The van der Waals surface area contributed by atoms with Crippen LogP contribution in [-0.2, 0) is 4.74 Å². The molecule has 1 aliphatic rings. The summed E-state index contributed by atoms with van der Waals surface area (Å²) < 4.78 is 33.9. The summed E-state index contributed by atoms with van der Waals surface area (Å²) in [4.78, 5) is 1.63. The summed E-state index contributed by atoms with van der Waals surface area (Å²) in [6.07, 6.45) is 1.62. The van der Waals surface area contributed by atoms with Crippen LogP contribution < -0.4 is 10.6 Å². The second-order valence-electron chi connectivity index (χ2n) is 5.45. The van der Waals surface area contributed by atoms with Crippen molar-refractivity contribution in [1.82, 2.24) is 0 Å². The van der Waals surface area contributed by atoms with Crippen molar-refractivity contribution in [3.8, 4) is 0 Å². The quantitative estimate of drug-likeness (QED) is 0.388. The van der Waals surface area contributed by atoms with E-state index in [4.69, 9.17) is 15.7 Å². The van der Waals surface area contributed by atoms with Crippen LogP contribution in [0.15, 0.2) is 17.3 Å². The lowest BCUT2D eigenvalue weighted by Gasteiger charge is -2.40. The van der Waals surface area contributed by atoms with E-state index < -0.39 is 17.2 Å². The molecule has 1 unspecified atom stereocenters. The van der Waals surface area contributed by atoms with E-state index in [2.05, 4.69) is 5.16 Å². The molecular formula is C14H19F2N3O2. The molecule has 0 saturated carbocycles. The molecule has 1 saturated heterocycles. The Morgan fingerprint density at radius 2 is 2.05 bits per heavy atom. The Morgan fingerprint density at radius 1 is 1.43 bits per heavy atom. The monoisotopic (exact) mass is 299 g/mol. The van der Waals surface area contributed by atoms with Crippen molar-refractivity contribution in [1.29, 1.82) is 0 Å². The fourth-order valence-electron chi connectivity index (χ4n) is 2.64. The molecule has 0 aliphatic carbocycles. The number of nitrogens with two attached hydrogens (primary N) is 1. The molecule has 1 fully saturated rings. The molecule has 5 nitrogen and oxygen atoms in total. The highest BCUT2D eigenvalue weighted by molar-refractivity contribution is 5.97. The molecule has 3 N–H and O–H groups in total. The molecule has 116 valence electrons. The van der Waals surface area contributed by atoms with E-state index in [1.54, 1.807) is 12.0 Å². The molecule has 7 heteroatoms. The fourth-order valence-corrected chi connectivity index (χ4v) is 2.64. The van der Waals surface area contributed by atoms with Gasteiger partial charge < -0.3 is 20.6 Å². The smallest absolute Gasteiger partial charge is 0.170 e. The lowest BCUT2D eigenvalue weighted by Crippen LogP contribution is -2.48. The van der Waals surface area contributed by atoms with Crippen LogP contribution in [0.25, 0.3) is 0 Å². The number of ether oxygens (including phenoxy) is 1. The third-order valence-electron chi connectivity index (χ3n) is 3.89. The Labute approximate surface area is 122 Å². The number of amidine groups is 1. The molecule has 1 atom stereocenters. The van der Waals surface area contributed by atoms with Crippen molar-refractivity contribution in [2.75, 3.05) is 25.1 Å². The van der Waals surface area contributed by atoms with Gasteiger partial charge in [0.05, 0.1) is 5.60 Å². The molecule has 21 heavy (non-hydrogen) atoms. The topological polar surface area (TPSA) is 71.1 Å². The minimum absolute atomic E-state index is 0.00256. The Hall–Kier alpha value is -1.89. The molecule has 1 aromatic rings. The van der Waals surface area contributed by atoms with Crippen LogP contribution in [0.3, 0.4) is 0 Å². The van der Waals surface area contributed by atoms with Crippen molar-refractivity contribution in [3.05, 3.63) is 29.3 Å². The summed E-state index contributed by atoms with van der Waals surface area (Å²) in [5.74, 6) is -1.81. The zero-order chi connectivity index (χ0) is 15.6. The number of rotatable bonds is 3. The predicted molar refractivity (Wildman–Crippen MR) is 75.7 cm³/mol. The summed E-state index contributed by atoms with van der Waals surface area (Å²) in [6.45, 7) is 2.87. The minimum atomic E-state index is -0.739. The average molecular weight is 299 g/mol. The number of hydrogen-bond acceptors (Lipinski definition) is 4. The van der Waals surface area contributed by atoms with Crippen molar-refractivity contribution < 1.29 is 18.7 Å². The predicted octanol–water partition coefficient (Wildman–Crippen LogP) is 2.06. The summed E-state index contributed by atoms with van der Waals surface area (Å²) in [6, 6.07) is 2.12. The van der Waals surface area contributed by atoms with E-state index in [1.165, 1.54) is 0 Å². The van der Waals surface area contributed by atoms with Gasteiger partial charge in [0.2, 0.25) is 0 Å². The first-order valence-corrected chi connectivity index (χ1v) is 6.67. The fraction of sp³-hybridized carbons (Fsp3) is 0.500. The summed E-state index contributed by atoms with van der Waals surface area (Å²) >= 11 is 0. The summed E-state index contributed by atoms with van der Waals surface area (Å²) in [5.41, 5.74) is 4.83. The van der Waals surface area contributed by atoms with Gasteiger partial charge in [-0.2, -0.15) is 0 Å². The number of anilines is 1. The highest BCUT2D eigenvalue weighted by Gasteiger charge is 2.33. The molecule has 1 aliphatic heterocycles. The van der Waals surface area contributed by atoms with E-state index in [0.717, 1.165) is 25.0 Å². The number of piperidine rings is 1. The van der Waals surface area contributed by atoms with Gasteiger partial charge in [0.1, 0.15) is 17.3 Å². The van der Waals surface area contributed by atoms with E-state index in [0.29, 0.717) is 13.1 Å². The van der Waals surface area contributed by atoms with Crippen molar-refractivity contribution in [2.45, 2.75) is 25.4 Å². The molecule has 0 amide bonds. The SMILES string of the molecule is COC1(C)CCCN(c2c(F)cc(C(N)=NO)cc2F)C1. The van der Waals surface area contributed by atoms with Crippen molar-refractivity contribution in [2.24, 2.45) is 10.9 Å². The lowest BCUT2D eigenvalue weighted by molar-refractivity contribution is -0.00489. The maximum absolute atomic E-state index is 14.2. The average Bonchev–Trinajstić information content (AvgIpc) is 2.45. The van der Waals surface area contributed by atoms with Gasteiger partial charge in [-0.25, -0.2) is 8.78 Å². The lowest BCUT2D eigenvalue weighted by atomic mass is 9.94. The number of benzene rings is 1. The van der Waals surface area contributed by atoms with Crippen LogP contribution in [0.4, 0.5) is 14.5 Å².